The minimum absolute atomic E-state index is 0.0371. The highest BCUT2D eigenvalue weighted by Crippen LogP contribution is 2.02. The molecule has 1 aliphatic heterocycles. The Kier molecular flexibility index (Phi) is 5.73. The average molecular weight is 230 g/mol. The molecule has 1 rings (SSSR count). The van der Waals surface area contributed by atoms with E-state index >= 15 is 0 Å². The first kappa shape index (κ1) is 13.4. The SMILES string of the molecule is CC(C)C(O)CNC(=O)CC1CNCCO1. The molecule has 1 aliphatic rings. The van der Waals surface area contributed by atoms with Gasteiger partial charge < -0.3 is 20.5 Å². The summed E-state index contributed by atoms with van der Waals surface area (Å²) < 4.78 is 5.42. The summed E-state index contributed by atoms with van der Waals surface area (Å²) in [4.78, 5) is 11.5. The maximum atomic E-state index is 11.5. The summed E-state index contributed by atoms with van der Waals surface area (Å²) in [5.74, 6) is 0.0984. The van der Waals surface area contributed by atoms with Gasteiger partial charge in [-0.1, -0.05) is 13.8 Å². The molecule has 1 fully saturated rings. The third-order valence-corrected chi connectivity index (χ3v) is 2.70. The van der Waals surface area contributed by atoms with Crippen LogP contribution in [0.15, 0.2) is 0 Å². The van der Waals surface area contributed by atoms with Crippen molar-refractivity contribution in [1.82, 2.24) is 10.6 Å². The number of hydrogen-bond acceptors (Lipinski definition) is 4. The first-order valence-corrected chi connectivity index (χ1v) is 5.86. The van der Waals surface area contributed by atoms with E-state index < -0.39 is 6.10 Å². The summed E-state index contributed by atoms with van der Waals surface area (Å²) in [5.41, 5.74) is 0. The lowest BCUT2D eigenvalue weighted by Gasteiger charge is -2.23. The van der Waals surface area contributed by atoms with Crippen molar-refractivity contribution in [2.75, 3.05) is 26.2 Å². The van der Waals surface area contributed by atoms with Crippen LogP contribution < -0.4 is 10.6 Å². The second-order valence-electron chi connectivity index (χ2n) is 4.52. The van der Waals surface area contributed by atoms with Crippen LogP contribution in [-0.2, 0) is 9.53 Å². The summed E-state index contributed by atoms with van der Waals surface area (Å²) >= 11 is 0. The van der Waals surface area contributed by atoms with E-state index in [0.29, 0.717) is 19.6 Å². The van der Waals surface area contributed by atoms with Gasteiger partial charge in [0, 0.05) is 19.6 Å². The quantitative estimate of drug-likeness (QED) is 0.595. The maximum absolute atomic E-state index is 11.5. The number of morpholine rings is 1. The van der Waals surface area contributed by atoms with Crippen LogP contribution in [0.2, 0.25) is 0 Å². The largest absolute Gasteiger partial charge is 0.391 e. The van der Waals surface area contributed by atoms with Crippen molar-refractivity contribution in [1.29, 1.82) is 0 Å². The van der Waals surface area contributed by atoms with Crippen molar-refractivity contribution in [3.63, 3.8) is 0 Å². The fourth-order valence-corrected chi connectivity index (χ4v) is 1.48. The standard InChI is InChI=1S/C11H22N2O3/c1-8(2)10(14)7-13-11(15)5-9-6-12-3-4-16-9/h8-10,12,14H,3-7H2,1-2H3,(H,13,15). The van der Waals surface area contributed by atoms with Gasteiger partial charge in [-0.25, -0.2) is 0 Å². The van der Waals surface area contributed by atoms with E-state index in [-0.39, 0.29) is 17.9 Å². The first-order chi connectivity index (χ1) is 7.59. The highest BCUT2D eigenvalue weighted by atomic mass is 16.5. The van der Waals surface area contributed by atoms with E-state index in [1.807, 2.05) is 13.8 Å². The number of hydrogen-bond donors (Lipinski definition) is 3. The van der Waals surface area contributed by atoms with Gasteiger partial charge in [0.2, 0.25) is 5.91 Å². The van der Waals surface area contributed by atoms with E-state index in [0.717, 1.165) is 13.1 Å². The fourth-order valence-electron chi connectivity index (χ4n) is 1.48. The van der Waals surface area contributed by atoms with Crippen molar-refractivity contribution in [3.05, 3.63) is 0 Å². The van der Waals surface area contributed by atoms with Crippen molar-refractivity contribution < 1.29 is 14.6 Å². The van der Waals surface area contributed by atoms with Crippen LogP contribution in [0.4, 0.5) is 0 Å². The highest BCUT2D eigenvalue weighted by molar-refractivity contribution is 5.76. The van der Waals surface area contributed by atoms with Crippen molar-refractivity contribution in [2.45, 2.75) is 32.5 Å². The molecule has 3 N–H and O–H groups in total. The Morgan fingerprint density at radius 2 is 2.38 bits per heavy atom. The van der Waals surface area contributed by atoms with Crippen LogP contribution in [0.3, 0.4) is 0 Å². The molecule has 1 heterocycles. The molecule has 0 aliphatic carbocycles. The molecule has 16 heavy (non-hydrogen) atoms. The van der Waals surface area contributed by atoms with Gasteiger partial charge in [-0.15, -0.1) is 0 Å². The molecule has 1 amide bonds. The summed E-state index contributed by atoms with van der Waals surface area (Å²) in [6, 6.07) is 0. The number of nitrogens with one attached hydrogen (secondary N) is 2. The van der Waals surface area contributed by atoms with Crippen LogP contribution in [0.1, 0.15) is 20.3 Å². The summed E-state index contributed by atoms with van der Waals surface area (Å²) in [7, 11) is 0. The Balaban J connectivity index is 2.14. The Bertz CT molecular complexity index is 215. The average Bonchev–Trinajstić information content (AvgIpc) is 2.27. The number of aliphatic hydroxyl groups excluding tert-OH is 1. The number of carbonyl (C=O) groups is 1. The predicted molar refractivity (Wildman–Crippen MR) is 61.1 cm³/mol. The first-order valence-electron chi connectivity index (χ1n) is 5.86. The summed E-state index contributed by atoms with van der Waals surface area (Å²) in [5, 5.41) is 15.4. The molecule has 0 spiro atoms. The van der Waals surface area contributed by atoms with Gasteiger partial charge >= 0.3 is 0 Å². The number of amides is 1. The summed E-state index contributed by atoms with van der Waals surface area (Å²) in [6.07, 6.45) is -0.156. The van der Waals surface area contributed by atoms with E-state index in [2.05, 4.69) is 10.6 Å². The molecular formula is C11H22N2O3. The van der Waals surface area contributed by atoms with Gasteiger partial charge in [-0.2, -0.15) is 0 Å². The molecule has 0 radical (unpaired) electrons. The molecular weight excluding hydrogens is 208 g/mol. The minimum Gasteiger partial charge on any atom is -0.391 e. The van der Waals surface area contributed by atoms with Gasteiger partial charge in [0.1, 0.15) is 0 Å². The molecule has 94 valence electrons. The monoisotopic (exact) mass is 230 g/mol. The smallest absolute Gasteiger partial charge is 0.222 e. The second kappa shape index (κ2) is 6.83. The van der Waals surface area contributed by atoms with Crippen LogP contribution in [0.5, 0.6) is 0 Å². The molecule has 5 nitrogen and oxygen atoms in total. The number of carbonyl (C=O) groups excluding carboxylic acids is 1. The van der Waals surface area contributed by atoms with Gasteiger partial charge in [0.05, 0.1) is 25.2 Å². The third-order valence-electron chi connectivity index (χ3n) is 2.70. The normalized spacial score (nSPS) is 23.1. The molecule has 1 saturated heterocycles. The Labute approximate surface area is 96.6 Å². The maximum Gasteiger partial charge on any atom is 0.222 e. The molecule has 2 atom stereocenters. The van der Waals surface area contributed by atoms with Crippen molar-refractivity contribution in [3.8, 4) is 0 Å². The van der Waals surface area contributed by atoms with Gasteiger partial charge in [0.25, 0.3) is 0 Å². The van der Waals surface area contributed by atoms with Crippen molar-refractivity contribution >= 4 is 5.91 Å². The predicted octanol–water partition coefficient (Wildman–Crippen LogP) is -0.502. The molecule has 2 unspecified atom stereocenters. The van der Waals surface area contributed by atoms with Gasteiger partial charge in [-0.3, -0.25) is 4.79 Å². The minimum atomic E-state index is -0.477. The van der Waals surface area contributed by atoms with E-state index in [4.69, 9.17) is 4.74 Å². The van der Waals surface area contributed by atoms with Crippen LogP contribution in [0.25, 0.3) is 0 Å². The number of aliphatic hydroxyl groups is 1. The molecule has 5 heteroatoms. The van der Waals surface area contributed by atoms with Gasteiger partial charge in [0.15, 0.2) is 0 Å². The van der Waals surface area contributed by atoms with E-state index in [9.17, 15) is 9.90 Å². The van der Waals surface area contributed by atoms with Crippen LogP contribution in [0, 0.1) is 5.92 Å². The Hall–Kier alpha value is -0.650. The Morgan fingerprint density at radius 3 is 2.94 bits per heavy atom. The molecule has 0 saturated carbocycles. The van der Waals surface area contributed by atoms with Crippen LogP contribution >= 0.6 is 0 Å². The second-order valence-corrected chi connectivity index (χ2v) is 4.52. The highest BCUT2D eigenvalue weighted by Gasteiger charge is 2.18. The lowest BCUT2D eigenvalue weighted by Crippen LogP contribution is -2.42. The number of rotatable bonds is 5. The van der Waals surface area contributed by atoms with E-state index in [1.54, 1.807) is 0 Å². The van der Waals surface area contributed by atoms with Crippen molar-refractivity contribution in [2.24, 2.45) is 5.92 Å². The topological polar surface area (TPSA) is 70.6 Å². The Morgan fingerprint density at radius 1 is 1.62 bits per heavy atom. The lowest BCUT2D eigenvalue weighted by molar-refractivity contribution is -0.125. The zero-order valence-electron chi connectivity index (χ0n) is 10.0. The van der Waals surface area contributed by atoms with Gasteiger partial charge in [-0.05, 0) is 5.92 Å². The lowest BCUT2D eigenvalue weighted by atomic mass is 10.1. The third kappa shape index (κ3) is 4.92. The molecule has 0 aromatic carbocycles. The molecule has 0 bridgehead atoms. The molecule has 0 aromatic rings. The number of ether oxygens (including phenoxy) is 1. The zero-order valence-corrected chi connectivity index (χ0v) is 10.0. The fraction of sp³-hybridized carbons (Fsp3) is 0.909. The van der Waals surface area contributed by atoms with E-state index in [1.165, 1.54) is 0 Å². The van der Waals surface area contributed by atoms with Crippen LogP contribution in [-0.4, -0.2) is 49.5 Å². The summed E-state index contributed by atoms with van der Waals surface area (Å²) in [6.45, 7) is 6.39. The molecule has 0 aromatic heterocycles. The zero-order chi connectivity index (χ0) is 12.0.